The summed E-state index contributed by atoms with van der Waals surface area (Å²) in [5.41, 5.74) is 0.587. The summed E-state index contributed by atoms with van der Waals surface area (Å²) in [6, 6.07) is 4.09. The van der Waals surface area contributed by atoms with Crippen LogP contribution in [0.1, 0.15) is 45.8 Å². The topological polar surface area (TPSA) is 20.2 Å². The molecule has 1 aromatic carbocycles. The molecule has 2 unspecified atom stereocenters. The molecule has 0 saturated heterocycles. The van der Waals surface area contributed by atoms with Crippen LogP contribution in [0.4, 0.5) is 4.39 Å². The van der Waals surface area contributed by atoms with Gasteiger partial charge in [0.25, 0.3) is 0 Å². The predicted molar refractivity (Wildman–Crippen MR) is 69.6 cm³/mol. The van der Waals surface area contributed by atoms with E-state index in [4.69, 9.17) is 11.6 Å². The van der Waals surface area contributed by atoms with Gasteiger partial charge in [0.15, 0.2) is 0 Å². The number of aliphatic hydroxyl groups excluding tert-OH is 1. The third kappa shape index (κ3) is 3.97. The molecule has 0 amide bonds. The minimum absolute atomic E-state index is 0.112. The first-order valence-corrected chi connectivity index (χ1v) is 6.22. The molecule has 1 aromatic rings. The molecule has 0 aliphatic carbocycles. The molecule has 0 fully saturated rings. The molecule has 0 heterocycles. The predicted octanol–water partition coefficient (Wildman–Crippen LogP) is 4.58. The van der Waals surface area contributed by atoms with E-state index in [1.54, 1.807) is 0 Å². The Morgan fingerprint density at radius 3 is 2.47 bits per heavy atom. The van der Waals surface area contributed by atoms with Crippen LogP contribution in [0.15, 0.2) is 18.2 Å². The van der Waals surface area contributed by atoms with Crippen LogP contribution in [-0.4, -0.2) is 5.11 Å². The van der Waals surface area contributed by atoms with Crippen LogP contribution < -0.4 is 0 Å². The van der Waals surface area contributed by atoms with Crippen molar-refractivity contribution in [2.24, 2.45) is 11.3 Å². The summed E-state index contributed by atoms with van der Waals surface area (Å²) >= 11 is 5.96. The highest BCUT2D eigenvalue weighted by Gasteiger charge is 2.24. The molecule has 0 aliphatic rings. The lowest BCUT2D eigenvalue weighted by atomic mass is 9.78. The molecule has 3 heteroatoms. The molecule has 17 heavy (non-hydrogen) atoms. The summed E-state index contributed by atoms with van der Waals surface area (Å²) in [7, 11) is 0. The van der Waals surface area contributed by atoms with Gasteiger partial charge in [-0.1, -0.05) is 39.3 Å². The molecular weight excluding hydrogens is 239 g/mol. The third-order valence-corrected chi connectivity index (χ3v) is 3.72. The number of rotatable bonds is 3. The van der Waals surface area contributed by atoms with E-state index in [2.05, 4.69) is 27.7 Å². The molecule has 96 valence electrons. The maximum Gasteiger partial charge on any atom is 0.123 e. The maximum atomic E-state index is 13.1. The molecule has 1 rings (SSSR count). The lowest BCUT2D eigenvalue weighted by molar-refractivity contribution is 0.110. The van der Waals surface area contributed by atoms with Gasteiger partial charge in [-0.2, -0.15) is 0 Å². The highest BCUT2D eigenvalue weighted by atomic mass is 35.5. The van der Waals surface area contributed by atoms with Crippen molar-refractivity contribution in [1.82, 2.24) is 0 Å². The van der Waals surface area contributed by atoms with Gasteiger partial charge in [0, 0.05) is 10.6 Å². The highest BCUT2D eigenvalue weighted by Crippen LogP contribution is 2.35. The van der Waals surface area contributed by atoms with E-state index in [-0.39, 0.29) is 11.2 Å². The van der Waals surface area contributed by atoms with Crippen LogP contribution in [0.25, 0.3) is 0 Å². The van der Waals surface area contributed by atoms with Gasteiger partial charge in [0.05, 0.1) is 6.10 Å². The van der Waals surface area contributed by atoms with Crippen LogP contribution in [0, 0.1) is 17.2 Å². The largest absolute Gasteiger partial charge is 0.388 e. The van der Waals surface area contributed by atoms with Crippen molar-refractivity contribution in [3.05, 3.63) is 34.6 Å². The second kappa shape index (κ2) is 5.36. The van der Waals surface area contributed by atoms with Crippen LogP contribution in [-0.2, 0) is 0 Å². The lowest BCUT2D eigenvalue weighted by Gasteiger charge is -2.29. The van der Waals surface area contributed by atoms with Crippen LogP contribution in [0.2, 0.25) is 5.02 Å². The Balaban J connectivity index is 2.83. The normalized spacial score (nSPS) is 15.7. The Morgan fingerprint density at radius 2 is 1.94 bits per heavy atom. The third-order valence-electron chi connectivity index (χ3n) is 3.37. The van der Waals surface area contributed by atoms with E-state index in [9.17, 15) is 9.50 Å². The number of aliphatic hydroxyl groups is 1. The standard InChI is InChI=1S/C14H20ClFO/c1-9(14(2,3)4)7-13(17)11-8-10(16)5-6-12(11)15/h5-6,8-9,13,17H,7H2,1-4H3. The number of benzene rings is 1. The summed E-state index contributed by atoms with van der Waals surface area (Å²) in [6.45, 7) is 8.45. The van der Waals surface area contributed by atoms with Gasteiger partial charge in [-0.25, -0.2) is 4.39 Å². The summed E-state index contributed by atoms with van der Waals surface area (Å²) in [4.78, 5) is 0. The maximum absolute atomic E-state index is 13.1. The highest BCUT2D eigenvalue weighted by molar-refractivity contribution is 6.31. The fourth-order valence-corrected chi connectivity index (χ4v) is 1.83. The smallest absolute Gasteiger partial charge is 0.123 e. The molecule has 0 spiro atoms. The van der Waals surface area contributed by atoms with Crippen molar-refractivity contribution in [2.45, 2.75) is 40.2 Å². The molecule has 0 saturated carbocycles. The summed E-state index contributed by atoms with van der Waals surface area (Å²) in [6.07, 6.45) is -0.139. The average molecular weight is 259 g/mol. The zero-order chi connectivity index (χ0) is 13.2. The molecule has 1 N–H and O–H groups in total. The monoisotopic (exact) mass is 258 g/mol. The Labute approximate surface area is 108 Å². The van der Waals surface area contributed by atoms with Gasteiger partial charge < -0.3 is 5.11 Å². The molecule has 2 atom stereocenters. The minimum Gasteiger partial charge on any atom is -0.388 e. The fourth-order valence-electron chi connectivity index (χ4n) is 1.59. The number of hydrogen-bond donors (Lipinski definition) is 1. The second-order valence-electron chi connectivity index (χ2n) is 5.68. The van der Waals surface area contributed by atoms with Gasteiger partial charge in [0.1, 0.15) is 5.82 Å². The van der Waals surface area contributed by atoms with Crippen LogP contribution >= 0.6 is 11.6 Å². The van der Waals surface area contributed by atoms with Crippen molar-refractivity contribution in [2.75, 3.05) is 0 Å². The lowest BCUT2D eigenvalue weighted by Crippen LogP contribution is -2.20. The first-order valence-electron chi connectivity index (χ1n) is 5.85. The second-order valence-corrected chi connectivity index (χ2v) is 6.09. The minimum atomic E-state index is -0.715. The van der Waals surface area contributed by atoms with Crippen LogP contribution in [0.3, 0.4) is 0 Å². The number of halogens is 2. The van der Waals surface area contributed by atoms with E-state index in [0.717, 1.165) is 0 Å². The zero-order valence-electron chi connectivity index (χ0n) is 10.8. The van der Waals surface area contributed by atoms with Crippen molar-refractivity contribution < 1.29 is 9.50 Å². The Kier molecular flexibility index (Phi) is 4.56. The summed E-state index contributed by atoms with van der Waals surface area (Å²) in [5, 5.41) is 10.5. The molecule has 0 aliphatic heterocycles. The molecule has 0 bridgehead atoms. The zero-order valence-corrected chi connectivity index (χ0v) is 11.6. The first-order chi connectivity index (χ1) is 7.71. The van der Waals surface area contributed by atoms with Gasteiger partial charge in [-0.3, -0.25) is 0 Å². The molecule has 1 nitrogen and oxygen atoms in total. The summed E-state index contributed by atoms with van der Waals surface area (Å²) < 4.78 is 13.1. The van der Waals surface area contributed by atoms with Crippen molar-refractivity contribution in [1.29, 1.82) is 0 Å². The quantitative estimate of drug-likeness (QED) is 0.841. The van der Waals surface area contributed by atoms with Gasteiger partial charge in [-0.05, 0) is 36.0 Å². The van der Waals surface area contributed by atoms with Crippen molar-refractivity contribution in [3.63, 3.8) is 0 Å². The van der Waals surface area contributed by atoms with Gasteiger partial charge in [-0.15, -0.1) is 0 Å². The van der Waals surface area contributed by atoms with Crippen molar-refractivity contribution in [3.8, 4) is 0 Å². The number of hydrogen-bond acceptors (Lipinski definition) is 1. The fraction of sp³-hybridized carbons (Fsp3) is 0.571. The first kappa shape index (κ1) is 14.5. The Bertz CT molecular complexity index is 384. The SMILES string of the molecule is CC(CC(O)c1cc(F)ccc1Cl)C(C)(C)C. The summed E-state index contributed by atoms with van der Waals surface area (Å²) in [5.74, 6) is -0.0521. The van der Waals surface area contributed by atoms with Gasteiger partial charge in [0.2, 0.25) is 0 Å². The van der Waals surface area contributed by atoms with E-state index in [1.807, 2.05) is 0 Å². The van der Waals surface area contributed by atoms with E-state index in [0.29, 0.717) is 22.9 Å². The molecular formula is C14H20ClFO. The Hall–Kier alpha value is -0.600. The Morgan fingerprint density at radius 1 is 1.35 bits per heavy atom. The molecule has 0 radical (unpaired) electrons. The van der Waals surface area contributed by atoms with Gasteiger partial charge >= 0.3 is 0 Å². The van der Waals surface area contributed by atoms with E-state index >= 15 is 0 Å². The molecule has 0 aromatic heterocycles. The van der Waals surface area contributed by atoms with Crippen LogP contribution in [0.5, 0.6) is 0 Å². The van der Waals surface area contributed by atoms with Crippen molar-refractivity contribution >= 4 is 11.6 Å². The van der Waals surface area contributed by atoms with E-state index < -0.39 is 6.10 Å². The van der Waals surface area contributed by atoms with E-state index in [1.165, 1.54) is 18.2 Å². The average Bonchev–Trinajstić information content (AvgIpc) is 2.20.